The van der Waals surface area contributed by atoms with E-state index in [1.165, 1.54) is 18.4 Å². The van der Waals surface area contributed by atoms with Crippen LogP contribution in [0.15, 0.2) is 24.3 Å². The number of hydrogen-bond acceptors (Lipinski definition) is 3. The van der Waals surface area contributed by atoms with Crippen molar-refractivity contribution < 1.29 is 9.84 Å². The van der Waals surface area contributed by atoms with Gasteiger partial charge in [-0.15, -0.1) is 0 Å². The van der Waals surface area contributed by atoms with Gasteiger partial charge in [-0.05, 0) is 37.1 Å². The fourth-order valence-electron chi connectivity index (χ4n) is 2.53. The molecule has 4 heteroatoms. The average molecular weight is 270 g/mol. The molecule has 1 atom stereocenters. The molecule has 1 heterocycles. The molecule has 0 aromatic heterocycles. The van der Waals surface area contributed by atoms with E-state index in [9.17, 15) is 0 Å². The number of rotatable bonds is 6. The summed E-state index contributed by atoms with van der Waals surface area (Å²) in [6.45, 7) is 3.22. The Hall–Kier alpha value is -0.610. The maximum absolute atomic E-state index is 8.67. The third kappa shape index (κ3) is 3.69. The molecule has 2 rings (SSSR count). The van der Waals surface area contributed by atoms with Gasteiger partial charge in [0.05, 0.1) is 19.8 Å². The lowest BCUT2D eigenvalue weighted by Gasteiger charge is -2.24. The van der Waals surface area contributed by atoms with Crippen molar-refractivity contribution in [3.8, 4) is 0 Å². The summed E-state index contributed by atoms with van der Waals surface area (Å²) in [6, 6.07) is 8.58. The van der Waals surface area contributed by atoms with Crippen molar-refractivity contribution in [1.82, 2.24) is 4.90 Å². The second-order valence-electron chi connectivity index (χ2n) is 4.58. The minimum atomic E-state index is 0.0950. The Balaban J connectivity index is 1.91. The van der Waals surface area contributed by atoms with Gasteiger partial charge in [0, 0.05) is 17.6 Å². The maximum Gasteiger partial charge on any atom is 0.0698 e. The lowest BCUT2D eigenvalue weighted by Crippen LogP contribution is -2.27. The molecule has 1 aromatic carbocycles. The van der Waals surface area contributed by atoms with Crippen LogP contribution in [0.5, 0.6) is 0 Å². The monoisotopic (exact) mass is 269 g/mol. The quantitative estimate of drug-likeness (QED) is 0.806. The maximum atomic E-state index is 8.67. The molecule has 1 aliphatic rings. The molecule has 1 N–H and O–H groups in total. The van der Waals surface area contributed by atoms with Crippen molar-refractivity contribution in [2.75, 3.05) is 32.9 Å². The van der Waals surface area contributed by atoms with E-state index >= 15 is 0 Å². The summed E-state index contributed by atoms with van der Waals surface area (Å²) >= 11 is 6.05. The highest BCUT2D eigenvalue weighted by Gasteiger charge is 2.25. The third-order valence-electron chi connectivity index (χ3n) is 3.36. The van der Waals surface area contributed by atoms with Crippen molar-refractivity contribution in [3.05, 3.63) is 34.9 Å². The van der Waals surface area contributed by atoms with E-state index < -0.39 is 0 Å². The average Bonchev–Trinajstić information content (AvgIpc) is 2.83. The smallest absolute Gasteiger partial charge is 0.0698 e. The Morgan fingerprint density at radius 1 is 1.39 bits per heavy atom. The van der Waals surface area contributed by atoms with Gasteiger partial charge < -0.3 is 9.84 Å². The first-order valence-electron chi connectivity index (χ1n) is 6.49. The van der Waals surface area contributed by atoms with Gasteiger partial charge in [0.15, 0.2) is 0 Å². The summed E-state index contributed by atoms with van der Waals surface area (Å²) in [5.41, 5.74) is 1.29. The van der Waals surface area contributed by atoms with Crippen molar-refractivity contribution >= 4 is 11.6 Å². The minimum absolute atomic E-state index is 0.0950. The van der Waals surface area contributed by atoms with Crippen molar-refractivity contribution in [2.24, 2.45) is 0 Å². The molecule has 1 saturated heterocycles. The molecule has 0 saturated carbocycles. The van der Waals surface area contributed by atoms with Crippen LogP contribution in [0.1, 0.15) is 24.4 Å². The minimum Gasteiger partial charge on any atom is -0.394 e. The highest BCUT2D eigenvalue weighted by atomic mass is 35.5. The van der Waals surface area contributed by atoms with Crippen LogP contribution in [0.25, 0.3) is 0 Å². The van der Waals surface area contributed by atoms with Crippen LogP contribution in [-0.2, 0) is 4.74 Å². The number of halogens is 1. The van der Waals surface area contributed by atoms with Crippen molar-refractivity contribution in [2.45, 2.75) is 18.9 Å². The lowest BCUT2D eigenvalue weighted by molar-refractivity contribution is 0.0709. The summed E-state index contributed by atoms with van der Waals surface area (Å²) < 4.78 is 5.33. The van der Waals surface area contributed by atoms with Gasteiger partial charge >= 0.3 is 0 Å². The topological polar surface area (TPSA) is 32.7 Å². The predicted octanol–water partition coefficient (Wildman–Crippen LogP) is 2.49. The van der Waals surface area contributed by atoms with Gasteiger partial charge in [0.2, 0.25) is 0 Å². The van der Waals surface area contributed by atoms with Crippen molar-refractivity contribution in [1.29, 1.82) is 0 Å². The van der Waals surface area contributed by atoms with Gasteiger partial charge in [-0.25, -0.2) is 0 Å². The van der Waals surface area contributed by atoms with E-state index in [2.05, 4.69) is 17.0 Å². The van der Waals surface area contributed by atoms with Gasteiger partial charge in [0.25, 0.3) is 0 Å². The Labute approximate surface area is 113 Å². The molecule has 1 aliphatic heterocycles. The van der Waals surface area contributed by atoms with E-state index in [0.717, 1.165) is 18.1 Å². The van der Waals surface area contributed by atoms with Gasteiger partial charge in [0.1, 0.15) is 0 Å². The number of likely N-dealkylation sites (tertiary alicyclic amines) is 1. The van der Waals surface area contributed by atoms with E-state index in [-0.39, 0.29) is 6.61 Å². The molecule has 0 radical (unpaired) electrons. The summed E-state index contributed by atoms with van der Waals surface area (Å²) in [6.07, 6.45) is 2.40. The molecule has 100 valence electrons. The predicted molar refractivity (Wildman–Crippen MR) is 72.9 cm³/mol. The number of aliphatic hydroxyl groups is 1. The number of benzene rings is 1. The lowest BCUT2D eigenvalue weighted by atomic mass is 10.0. The van der Waals surface area contributed by atoms with E-state index in [0.29, 0.717) is 19.3 Å². The molecule has 0 spiro atoms. The van der Waals surface area contributed by atoms with Crippen LogP contribution in [0.3, 0.4) is 0 Å². The number of ether oxygens (including phenoxy) is 1. The summed E-state index contributed by atoms with van der Waals surface area (Å²) in [7, 11) is 0. The first-order chi connectivity index (χ1) is 8.81. The molecule has 0 bridgehead atoms. The molecule has 3 nitrogen and oxygen atoms in total. The van der Waals surface area contributed by atoms with Gasteiger partial charge in [-0.3, -0.25) is 4.90 Å². The standard InChI is InChI=1S/C14H20ClNO2/c15-13-4-1-3-12(11-13)14-5-2-6-16(14)7-9-18-10-8-17/h1,3-4,11,14,17H,2,5-10H2/t14-/m1/s1. The van der Waals surface area contributed by atoms with E-state index in [1.807, 2.05) is 12.1 Å². The second-order valence-corrected chi connectivity index (χ2v) is 5.02. The molecule has 1 fully saturated rings. The zero-order valence-corrected chi connectivity index (χ0v) is 11.3. The second kappa shape index (κ2) is 7.10. The number of nitrogens with zero attached hydrogens (tertiary/aromatic N) is 1. The Morgan fingerprint density at radius 3 is 3.06 bits per heavy atom. The number of aliphatic hydroxyl groups excluding tert-OH is 1. The van der Waals surface area contributed by atoms with Crippen LogP contribution in [-0.4, -0.2) is 42.9 Å². The Kier molecular flexibility index (Phi) is 5.45. The Bertz CT molecular complexity index is 373. The van der Waals surface area contributed by atoms with Crippen LogP contribution < -0.4 is 0 Å². The van der Waals surface area contributed by atoms with Crippen LogP contribution in [0.4, 0.5) is 0 Å². The molecule has 0 unspecified atom stereocenters. The van der Waals surface area contributed by atoms with Crippen LogP contribution in [0, 0.1) is 0 Å². The fraction of sp³-hybridized carbons (Fsp3) is 0.571. The zero-order chi connectivity index (χ0) is 12.8. The summed E-state index contributed by atoms with van der Waals surface area (Å²) in [4.78, 5) is 2.43. The molecular formula is C14H20ClNO2. The number of hydrogen-bond donors (Lipinski definition) is 1. The Morgan fingerprint density at radius 2 is 2.28 bits per heavy atom. The van der Waals surface area contributed by atoms with Crippen LogP contribution >= 0.6 is 11.6 Å². The highest BCUT2D eigenvalue weighted by Crippen LogP contribution is 2.32. The molecular weight excluding hydrogens is 250 g/mol. The third-order valence-corrected chi connectivity index (χ3v) is 3.59. The zero-order valence-electron chi connectivity index (χ0n) is 10.5. The SMILES string of the molecule is OCCOCCN1CCC[C@@H]1c1cccc(Cl)c1. The largest absolute Gasteiger partial charge is 0.394 e. The van der Waals surface area contributed by atoms with Gasteiger partial charge in [-0.1, -0.05) is 23.7 Å². The fourth-order valence-corrected chi connectivity index (χ4v) is 2.73. The van der Waals surface area contributed by atoms with Crippen molar-refractivity contribution in [3.63, 3.8) is 0 Å². The summed E-state index contributed by atoms with van der Waals surface area (Å²) in [5.74, 6) is 0. The van der Waals surface area contributed by atoms with E-state index in [4.69, 9.17) is 21.4 Å². The molecule has 1 aromatic rings. The van der Waals surface area contributed by atoms with E-state index in [1.54, 1.807) is 0 Å². The van der Waals surface area contributed by atoms with Crippen LogP contribution in [0.2, 0.25) is 5.02 Å². The molecule has 18 heavy (non-hydrogen) atoms. The first kappa shape index (κ1) is 13.8. The summed E-state index contributed by atoms with van der Waals surface area (Å²) in [5, 5.41) is 9.47. The first-order valence-corrected chi connectivity index (χ1v) is 6.87. The normalized spacial score (nSPS) is 20.4. The molecule has 0 aliphatic carbocycles. The highest BCUT2D eigenvalue weighted by molar-refractivity contribution is 6.30. The van der Waals surface area contributed by atoms with Gasteiger partial charge in [-0.2, -0.15) is 0 Å². The molecule has 0 amide bonds.